The Labute approximate surface area is 108 Å². The van der Waals surface area contributed by atoms with Crippen LogP contribution in [0, 0.1) is 47.0 Å². The van der Waals surface area contributed by atoms with Crippen molar-refractivity contribution in [2.24, 2.45) is 29.6 Å². The van der Waals surface area contributed by atoms with Gasteiger partial charge in [-0.1, -0.05) is 0 Å². The predicted molar refractivity (Wildman–Crippen MR) is 61.9 cm³/mol. The molecule has 2 bridgehead atoms. The Morgan fingerprint density at radius 1 is 1.00 bits per heavy atom. The molecule has 1 aromatic rings. The van der Waals surface area contributed by atoms with Crippen LogP contribution < -0.4 is 0 Å². The maximum Gasteiger partial charge on any atom is 0.195 e. The Bertz CT molecular complexity index is 567. The second kappa shape index (κ2) is 3.62. The molecule has 4 heteroatoms. The average molecular weight is 266 g/mol. The summed E-state index contributed by atoms with van der Waals surface area (Å²) in [6.07, 6.45) is 3.52. The van der Waals surface area contributed by atoms with Crippen molar-refractivity contribution >= 4 is 5.78 Å². The first kappa shape index (κ1) is 11.5. The van der Waals surface area contributed by atoms with Crippen LogP contribution in [0.4, 0.5) is 13.2 Å². The van der Waals surface area contributed by atoms with E-state index in [1.165, 1.54) is 6.42 Å². The van der Waals surface area contributed by atoms with E-state index in [1.807, 2.05) is 0 Å². The van der Waals surface area contributed by atoms with Crippen LogP contribution in [-0.4, -0.2) is 5.78 Å². The molecule has 4 atom stereocenters. The minimum absolute atomic E-state index is 0.148. The van der Waals surface area contributed by atoms with Crippen molar-refractivity contribution in [3.8, 4) is 0 Å². The van der Waals surface area contributed by atoms with E-state index < -0.39 is 17.5 Å². The number of ketones is 1. The average Bonchev–Trinajstić information content (AvgIpc) is 2.84. The number of halogens is 3. The number of carbonyl (C=O) groups is 1. The number of Topliss-reactive ketones (excluding diaryl/α,β-unsaturated/α-hetero) is 1. The molecule has 0 spiro atoms. The van der Waals surface area contributed by atoms with Crippen LogP contribution in [0.1, 0.15) is 29.6 Å². The van der Waals surface area contributed by atoms with Crippen LogP contribution in [0.5, 0.6) is 0 Å². The lowest BCUT2D eigenvalue weighted by atomic mass is 9.96. The van der Waals surface area contributed by atoms with E-state index in [2.05, 4.69) is 0 Å². The molecule has 1 aromatic carbocycles. The predicted octanol–water partition coefficient (Wildman–Crippen LogP) is 3.58. The molecule has 3 saturated carbocycles. The molecule has 4 rings (SSSR count). The fraction of sp³-hybridized carbons (Fsp3) is 0.533. The first-order valence-corrected chi connectivity index (χ1v) is 6.77. The third-order valence-corrected chi connectivity index (χ3v) is 5.34. The highest BCUT2D eigenvalue weighted by Gasteiger charge is 2.67. The molecule has 19 heavy (non-hydrogen) atoms. The van der Waals surface area contributed by atoms with Gasteiger partial charge in [-0.05, 0) is 55.1 Å². The van der Waals surface area contributed by atoms with Gasteiger partial charge in [0.05, 0.1) is 5.56 Å². The molecule has 4 unspecified atom stereocenters. The quantitative estimate of drug-likeness (QED) is 0.590. The van der Waals surface area contributed by atoms with Gasteiger partial charge in [-0.15, -0.1) is 0 Å². The molecule has 100 valence electrons. The van der Waals surface area contributed by atoms with Gasteiger partial charge < -0.3 is 0 Å². The number of fused-ring (bicyclic) bond motifs is 5. The summed E-state index contributed by atoms with van der Waals surface area (Å²) in [4.78, 5) is 12.3. The van der Waals surface area contributed by atoms with E-state index >= 15 is 0 Å². The summed E-state index contributed by atoms with van der Waals surface area (Å²) in [5.74, 6) is -2.66. The summed E-state index contributed by atoms with van der Waals surface area (Å²) in [7, 11) is 0. The van der Waals surface area contributed by atoms with Crippen molar-refractivity contribution in [3.63, 3.8) is 0 Å². The molecule has 3 aliphatic carbocycles. The highest BCUT2D eigenvalue weighted by atomic mass is 19.2. The van der Waals surface area contributed by atoms with Crippen molar-refractivity contribution in [1.82, 2.24) is 0 Å². The second-order valence-electron chi connectivity index (χ2n) is 6.10. The Kier molecular flexibility index (Phi) is 2.19. The summed E-state index contributed by atoms with van der Waals surface area (Å²) >= 11 is 0. The van der Waals surface area contributed by atoms with Crippen molar-refractivity contribution in [3.05, 3.63) is 35.1 Å². The molecule has 0 N–H and O–H groups in total. The van der Waals surface area contributed by atoms with Gasteiger partial charge in [-0.25, -0.2) is 13.2 Å². The summed E-state index contributed by atoms with van der Waals surface area (Å²) < 4.78 is 39.7. The Balaban J connectivity index is 1.65. The molecule has 1 nitrogen and oxygen atoms in total. The molecule has 0 heterocycles. The molecule has 0 saturated heterocycles. The maximum atomic E-state index is 13.7. The lowest BCUT2D eigenvalue weighted by Crippen LogP contribution is -2.13. The van der Waals surface area contributed by atoms with E-state index in [0.29, 0.717) is 23.7 Å². The van der Waals surface area contributed by atoms with Crippen molar-refractivity contribution < 1.29 is 18.0 Å². The Morgan fingerprint density at radius 2 is 1.63 bits per heavy atom. The third-order valence-electron chi connectivity index (χ3n) is 5.34. The summed E-state index contributed by atoms with van der Waals surface area (Å²) in [5, 5.41) is 0. The normalized spacial score (nSPS) is 38.4. The summed E-state index contributed by atoms with van der Waals surface area (Å²) in [6.45, 7) is 0. The van der Waals surface area contributed by atoms with Gasteiger partial charge in [0, 0.05) is 5.92 Å². The number of hydrogen-bond donors (Lipinski definition) is 0. The number of hydrogen-bond acceptors (Lipinski definition) is 1. The largest absolute Gasteiger partial charge is 0.294 e. The molecular formula is C15H13F3O. The second-order valence-corrected chi connectivity index (χ2v) is 6.10. The molecular weight excluding hydrogens is 253 g/mol. The van der Waals surface area contributed by atoms with Gasteiger partial charge in [0.25, 0.3) is 0 Å². The standard InChI is InChI=1S/C15H13F3O/c16-9-4-3-8(13(17)14(9)18)15(19)12-10-6-1-2-7(5-6)11(10)12/h3-4,6-7,10-12H,1-2,5H2. The van der Waals surface area contributed by atoms with Gasteiger partial charge in [-0.2, -0.15) is 0 Å². The minimum Gasteiger partial charge on any atom is -0.294 e. The third kappa shape index (κ3) is 1.40. The zero-order valence-corrected chi connectivity index (χ0v) is 10.2. The highest BCUT2D eigenvalue weighted by Crippen LogP contribution is 2.69. The van der Waals surface area contributed by atoms with Crippen molar-refractivity contribution in [2.75, 3.05) is 0 Å². The van der Waals surface area contributed by atoms with Gasteiger partial charge in [-0.3, -0.25) is 4.79 Å². The van der Waals surface area contributed by atoms with E-state index in [0.717, 1.165) is 25.0 Å². The van der Waals surface area contributed by atoms with E-state index in [4.69, 9.17) is 0 Å². The van der Waals surface area contributed by atoms with E-state index in [9.17, 15) is 18.0 Å². The number of carbonyl (C=O) groups excluding carboxylic acids is 1. The van der Waals surface area contributed by atoms with Gasteiger partial charge >= 0.3 is 0 Å². The smallest absolute Gasteiger partial charge is 0.195 e. The highest BCUT2D eigenvalue weighted by molar-refractivity contribution is 6.00. The fourth-order valence-corrected chi connectivity index (χ4v) is 4.57. The Hall–Kier alpha value is -1.32. The molecule has 0 aromatic heterocycles. The maximum absolute atomic E-state index is 13.7. The van der Waals surface area contributed by atoms with Crippen LogP contribution in [0.3, 0.4) is 0 Å². The first-order valence-electron chi connectivity index (χ1n) is 6.77. The van der Waals surface area contributed by atoms with Gasteiger partial charge in [0.2, 0.25) is 0 Å². The first-order chi connectivity index (χ1) is 9.09. The number of rotatable bonds is 2. The van der Waals surface area contributed by atoms with Crippen LogP contribution in [-0.2, 0) is 0 Å². The zero-order valence-electron chi connectivity index (χ0n) is 10.2. The lowest BCUT2D eigenvalue weighted by molar-refractivity contribution is 0.0939. The molecule has 3 fully saturated rings. The molecule has 3 aliphatic rings. The van der Waals surface area contributed by atoms with Crippen molar-refractivity contribution in [1.29, 1.82) is 0 Å². The van der Waals surface area contributed by atoms with Crippen LogP contribution in [0.25, 0.3) is 0 Å². The van der Waals surface area contributed by atoms with Crippen LogP contribution >= 0.6 is 0 Å². The van der Waals surface area contributed by atoms with Gasteiger partial charge in [0.15, 0.2) is 23.2 Å². The molecule has 0 amide bonds. The number of benzene rings is 1. The molecule has 0 aliphatic heterocycles. The zero-order chi connectivity index (χ0) is 13.3. The summed E-state index contributed by atoms with van der Waals surface area (Å²) in [6, 6.07) is 1.91. The minimum atomic E-state index is -1.54. The van der Waals surface area contributed by atoms with Gasteiger partial charge in [0.1, 0.15) is 0 Å². The van der Waals surface area contributed by atoms with Crippen molar-refractivity contribution in [2.45, 2.75) is 19.3 Å². The SMILES string of the molecule is O=C(c1ccc(F)c(F)c1F)C1C2C3CCC(C3)C12. The Morgan fingerprint density at radius 3 is 2.26 bits per heavy atom. The topological polar surface area (TPSA) is 17.1 Å². The van der Waals surface area contributed by atoms with Crippen LogP contribution in [0.2, 0.25) is 0 Å². The fourth-order valence-electron chi connectivity index (χ4n) is 4.57. The van der Waals surface area contributed by atoms with E-state index in [-0.39, 0.29) is 17.3 Å². The van der Waals surface area contributed by atoms with Crippen LogP contribution in [0.15, 0.2) is 12.1 Å². The molecule has 0 radical (unpaired) electrons. The summed E-state index contributed by atoms with van der Waals surface area (Å²) in [5.41, 5.74) is -0.280. The lowest BCUT2D eigenvalue weighted by Gasteiger charge is -2.09. The monoisotopic (exact) mass is 266 g/mol. The van der Waals surface area contributed by atoms with E-state index in [1.54, 1.807) is 0 Å².